The number of carbonyl (C=O) groups is 2. The van der Waals surface area contributed by atoms with E-state index in [1.165, 1.54) is 12.5 Å². The van der Waals surface area contributed by atoms with Crippen LogP contribution in [0.4, 0.5) is 0 Å². The molecule has 22 heavy (non-hydrogen) atoms. The lowest BCUT2D eigenvalue weighted by Crippen LogP contribution is -2.31. The molecule has 1 fully saturated rings. The Balaban J connectivity index is 2.38. The summed E-state index contributed by atoms with van der Waals surface area (Å²) in [5, 5.41) is 0. The third-order valence-corrected chi connectivity index (χ3v) is 4.62. The lowest BCUT2D eigenvalue weighted by Gasteiger charge is -2.26. The first kappa shape index (κ1) is 17.0. The van der Waals surface area contributed by atoms with Gasteiger partial charge in [-0.3, -0.25) is 9.59 Å². The van der Waals surface area contributed by atoms with Crippen molar-refractivity contribution in [3.05, 3.63) is 36.8 Å². The van der Waals surface area contributed by atoms with Crippen LogP contribution in [0, 0.1) is 17.3 Å². The summed E-state index contributed by atoms with van der Waals surface area (Å²) in [5.41, 5.74) is 0.252. The second-order valence-electron chi connectivity index (χ2n) is 6.41. The fraction of sp³-hybridized carbons (Fsp3) is 0.529. The van der Waals surface area contributed by atoms with Gasteiger partial charge >= 0.3 is 5.97 Å². The number of allylic oxidation sites excluding steroid dienone is 1. The normalized spacial score (nSPS) is 26.5. The first-order chi connectivity index (χ1) is 10.3. The molecule has 2 rings (SSSR count). The zero-order chi connectivity index (χ0) is 16.5. The van der Waals surface area contributed by atoms with Crippen LogP contribution in [-0.2, 0) is 14.3 Å². The van der Waals surface area contributed by atoms with Crippen LogP contribution in [0.5, 0.6) is 0 Å². The molecule has 0 N–H and O–H groups in total. The molecular weight excluding hydrogens is 348 g/mol. The molecule has 0 spiro atoms. The number of ether oxygens (including phenoxy) is 1. The number of rotatable bonds is 5. The molecule has 0 aromatic carbocycles. The minimum atomic E-state index is -0.650. The highest BCUT2D eigenvalue weighted by Crippen LogP contribution is 2.49. The summed E-state index contributed by atoms with van der Waals surface area (Å²) in [5.74, 6) is -0.758. The Kier molecular flexibility index (Phi) is 4.95. The van der Waals surface area contributed by atoms with Crippen molar-refractivity contribution < 1.29 is 18.7 Å². The number of esters is 1. The van der Waals surface area contributed by atoms with Gasteiger partial charge in [-0.15, -0.1) is 6.58 Å². The number of alkyl halides is 1. The summed E-state index contributed by atoms with van der Waals surface area (Å²) in [7, 11) is 0. The van der Waals surface area contributed by atoms with Crippen LogP contribution < -0.4 is 0 Å². The Morgan fingerprint density at radius 2 is 2.27 bits per heavy atom. The topological polar surface area (TPSA) is 56.5 Å². The maximum absolute atomic E-state index is 12.8. The molecule has 120 valence electrons. The van der Waals surface area contributed by atoms with E-state index in [4.69, 9.17) is 9.15 Å². The Labute approximate surface area is 139 Å². The van der Waals surface area contributed by atoms with E-state index in [2.05, 4.69) is 22.5 Å². The van der Waals surface area contributed by atoms with Crippen molar-refractivity contribution in [2.45, 2.75) is 38.1 Å². The maximum atomic E-state index is 12.8. The van der Waals surface area contributed by atoms with Gasteiger partial charge < -0.3 is 9.15 Å². The van der Waals surface area contributed by atoms with Gasteiger partial charge in [0.1, 0.15) is 16.7 Å². The summed E-state index contributed by atoms with van der Waals surface area (Å²) in [6, 6.07) is 1.73. The van der Waals surface area contributed by atoms with Crippen LogP contribution in [0.1, 0.15) is 38.9 Å². The predicted molar refractivity (Wildman–Crippen MR) is 86.5 cm³/mol. The lowest BCUT2D eigenvalue weighted by atomic mass is 9.85. The van der Waals surface area contributed by atoms with Crippen molar-refractivity contribution in [1.29, 1.82) is 0 Å². The number of carbonyl (C=O) groups excluding carboxylic acids is 2. The third kappa shape index (κ3) is 3.19. The quantitative estimate of drug-likeness (QED) is 0.446. The molecule has 1 aromatic heterocycles. The average molecular weight is 369 g/mol. The monoisotopic (exact) mass is 368 g/mol. The van der Waals surface area contributed by atoms with E-state index >= 15 is 0 Å². The molecule has 0 bridgehead atoms. The second kappa shape index (κ2) is 6.41. The summed E-state index contributed by atoms with van der Waals surface area (Å²) in [6.07, 6.45) is 4.88. The minimum Gasteiger partial charge on any atom is -0.472 e. The number of halogens is 1. The highest BCUT2D eigenvalue weighted by atomic mass is 79.9. The molecule has 0 radical (unpaired) electrons. The molecule has 5 heteroatoms. The molecule has 0 amide bonds. The Morgan fingerprint density at radius 1 is 1.59 bits per heavy atom. The van der Waals surface area contributed by atoms with E-state index in [1.807, 2.05) is 13.8 Å². The number of furan rings is 1. The highest BCUT2D eigenvalue weighted by molar-refractivity contribution is 9.10. The van der Waals surface area contributed by atoms with Crippen molar-refractivity contribution >= 4 is 27.7 Å². The standard InChI is InChI=1S/C17H21BrO4/c1-5-11-8-17(3,4)15(19)13(11)14(12-6-7-21-9-12)22-16(20)10(2)18/h5-7,9-11,13-14H,1,8H2,2-4H3/t10?,11-,13-,14-/m1/s1. The molecule has 1 aliphatic rings. The molecule has 0 aliphatic heterocycles. The SMILES string of the molecule is C=C[C@@H]1CC(C)(C)C(=O)[C@H]1[C@H](OC(=O)C(C)Br)c1ccoc1. The molecule has 4 nitrogen and oxygen atoms in total. The van der Waals surface area contributed by atoms with E-state index in [1.54, 1.807) is 19.1 Å². The van der Waals surface area contributed by atoms with Crippen LogP contribution in [0.25, 0.3) is 0 Å². The van der Waals surface area contributed by atoms with Gasteiger partial charge in [0.25, 0.3) is 0 Å². The van der Waals surface area contributed by atoms with Crippen LogP contribution in [0.2, 0.25) is 0 Å². The summed E-state index contributed by atoms with van der Waals surface area (Å²) in [4.78, 5) is 24.4. The van der Waals surface area contributed by atoms with Gasteiger partial charge in [-0.1, -0.05) is 35.9 Å². The van der Waals surface area contributed by atoms with Gasteiger partial charge in [-0.25, -0.2) is 0 Å². The Morgan fingerprint density at radius 3 is 2.77 bits per heavy atom. The zero-order valence-electron chi connectivity index (χ0n) is 13.0. The van der Waals surface area contributed by atoms with Gasteiger partial charge in [0.2, 0.25) is 0 Å². The number of ketones is 1. The largest absolute Gasteiger partial charge is 0.472 e. The first-order valence-corrected chi connectivity index (χ1v) is 8.23. The molecule has 4 atom stereocenters. The van der Waals surface area contributed by atoms with E-state index in [0.717, 1.165) is 0 Å². The van der Waals surface area contributed by atoms with Crippen molar-refractivity contribution in [3.63, 3.8) is 0 Å². The van der Waals surface area contributed by atoms with Gasteiger partial charge in [0.15, 0.2) is 0 Å². The van der Waals surface area contributed by atoms with Crippen molar-refractivity contribution in [3.8, 4) is 0 Å². The molecule has 1 heterocycles. The third-order valence-electron chi connectivity index (χ3n) is 4.25. The summed E-state index contributed by atoms with van der Waals surface area (Å²) in [6.45, 7) is 9.39. The smallest absolute Gasteiger partial charge is 0.320 e. The predicted octanol–water partition coefficient (Wildman–Crippen LogP) is 4.06. The molecule has 1 saturated carbocycles. The highest BCUT2D eigenvalue weighted by Gasteiger charge is 2.51. The second-order valence-corrected chi connectivity index (χ2v) is 7.78. The van der Waals surface area contributed by atoms with Crippen molar-refractivity contribution in [2.75, 3.05) is 0 Å². The van der Waals surface area contributed by atoms with Crippen LogP contribution in [-0.4, -0.2) is 16.6 Å². The average Bonchev–Trinajstić information content (AvgIpc) is 3.04. The molecule has 1 aromatic rings. The first-order valence-electron chi connectivity index (χ1n) is 7.31. The summed E-state index contributed by atoms with van der Waals surface area (Å²) < 4.78 is 10.7. The van der Waals surface area contributed by atoms with E-state index in [9.17, 15) is 9.59 Å². The summed E-state index contributed by atoms with van der Waals surface area (Å²) >= 11 is 3.21. The van der Waals surface area contributed by atoms with Crippen LogP contribution >= 0.6 is 15.9 Å². The number of hydrogen-bond donors (Lipinski definition) is 0. The van der Waals surface area contributed by atoms with Crippen molar-refractivity contribution in [2.24, 2.45) is 17.3 Å². The Bertz CT molecular complexity index is 559. The maximum Gasteiger partial charge on any atom is 0.320 e. The molecule has 1 unspecified atom stereocenters. The van der Waals surface area contributed by atoms with Crippen molar-refractivity contribution in [1.82, 2.24) is 0 Å². The van der Waals surface area contributed by atoms with Crippen LogP contribution in [0.3, 0.4) is 0 Å². The van der Waals surface area contributed by atoms with Gasteiger partial charge in [-0.05, 0) is 25.3 Å². The van der Waals surface area contributed by atoms with Gasteiger partial charge in [0.05, 0.1) is 18.4 Å². The molecule has 0 saturated heterocycles. The van der Waals surface area contributed by atoms with Crippen LogP contribution in [0.15, 0.2) is 35.7 Å². The molecular formula is C17H21BrO4. The van der Waals surface area contributed by atoms with E-state index < -0.39 is 28.2 Å². The lowest BCUT2D eigenvalue weighted by molar-refractivity contribution is -0.154. The minimum absolute atomic E-state index is 0.0270. The van der Waals surface area contributed by atoms with Gasteiger partial charge in [0, 0.05) is 11.0 Å². The fourth-order valence-corrected chi connectivity index (χ4v) is 3.17. The van der Waals surface area contributed by atoms with E-state index in [0.29, 0.717) is 12.0 Å². The Hall–Kier alpha value is -1.36. The number of hydrogen-bond acceptors (Lipinski definition) is 4. The van der Waals surface area contributed by atoms with Gasteiger partial charge in [-0.2, -0.15) is 0 Å². The fourth-order valence-electron chi connectivity index (χ4n) is 3.06. The van der Waals surface area contributed by atoms with E-state index in [-0.39, 0.29) is 11.7 Å². The molecule has 1 aliphatic carbocycles. The zero-order valence-corrected chi connectivity index (χ0v) is 14.6. The number of Topliss-reactive ketones (excluding diaryl/α,β-unsaturated/α-hetero) is 1.